The molecule has 0 spiro atoms. The summed E-state index contributed by atoms with van der Waals surface area (Å²) in [5.74, 6) is 0. The number of carbonyl (C=O) groups is 1. The molecule has 2 amide bonds. The van der Waals surface area contributed by atoms with Gasteiger partial charge in [0.25, 0.3) is 0 Å². The third kappa shape index (κ3) is 2.39. The second-order valence-corrected chi connectivity index (χ2v) is 6.79. The van der Waals surface area contributed by atoms with E-state index in [1.165, 1.54) is 12.0 Å². The molecule has 0 saturated carbocycles. The second-order valence-electron chi connectivity index (χ2n) is 6.79. The van der Waals surface area contributed by atoms with Crippen molar-refractivity contribution in [2.75, 3.05) is 40.3 Å². The van der Waals surface area contributed by atoms with E-state index >= 15 is 0 Å². The Kier molecular flexibility index (Phi) is 4.13. The number of amides is 2. The van der Waals surface area contributed by atoms with Crippen molar-refractivity contribution in [2.24, 2.45) is 0 Å². The van der Waals surface area contributed by atoms with Gasteiger partial charge < -0.3 is 9.80 Å². The van der Waals surface area contributed by atoms with Gasteiger partial charge in [0.15, 0.2) is 0 Å². The van der Waals surface area contributed by atoms with Crippen LogP contribution in [-0.4, -0.2) is 67.0 Å². The molecule has 4 nitrogen and oxygen atoms in total. The maximum Gasteiger partial charge on any atom is 0.319 e. The topological polar surface area (TPSA) is 26.8 Å². The fourth-order valence-corrected chi connectivity index (χ4v) is 4.32. The zero-order chi connectivity index (χ0) is 15.7. The van der Waals surface area contributed by atoms with Gasteiger partial charge in [-0.25, -0.2) is 4.79 Å². The first-order valence-corrected chi connectivity index (χ1v) is 8.34. The number of rotatable bonds is 2. The van der Waals surface area contributed by atoms with Crippen LogP contribution in [0.2, 0.25) is 0 Å². The number of hydrogen-bond acceptors (Lipinski definition) is 2. The molecule has 0 aliphatic carbocycles. The Labute approximate surface area is 133 Å². The van der Waals surface area contributed by atoms with Crippen LogP contribution < -0.4 is 0 Å². The Balaban J connectivity index is 1.90. The van der Waals surface area contributed by atoms with Crippen LogP contribution in [0.15, 0.2) is 30.3 Å². The Morgan fingerprint density at radius 2 is 1.91 bits per heavy atom. The lowest BCUT2D eigenvalue weighted by molar-refractivity contribution is 0.0906. The number of urea groups is 1. The standard InChI is InChI=1S/C18H27N3O/c1-4-20-12-10-18(15-8-6-5-7-9-15)11-13-21(14-16(18)20)17(22)19(2)3/h5-9,16H,4,10-14H2,1-3H3. The molecule has 0 N–H and O–H groups in total. The number of carbonyl (C=O) groups excluding carboxylic acids is 1. The Morgan fingerprint density at radius 1 is 1.23 bits per heavy atom. The first kappa shape index (κ1) is 15.3. The highest BCUT2D eigenvalue weighted by atomic mass is 16.2. The van der Waals surface area contributed by atoms with Crippen molar-refractivity contribution in [3.8, 4) is 0 Å². The molecule has 0 aromatic heterocycles. The SMILES string of the molecule is CCN1CCC2(c3ccccc3)CCN(C(=O)N(C)C)CC12. The van der Waals surface area contributed by atoms with Crippen LogP contribution in [0.1, 0.15) is 25.3 Å². The molecule has 2 aliphatic heterocycles. The van der Waals surface area contributed by atoms with Crippen LogP contribution in [-0.2, 0) is 5.41 Å². The molecular weight excluding hydrogens is 274 g/mol. The molecule has 2 aliphatic rings. The molecule has 2 saturated heterocycles. The number of fused-ring (bicyclic) bond motifs is 1. The molecule has 3 rings (SSSR count). The van der Waals surface area contributed by atoms with Crippen LogP contribution in [0.25, 0.3) is 0 Å². The van der Waals surface area contributed by atoms with Crippen molar-refractivity contribution in [3.05, 3.63) is 35.9 Å². The average Bonchev–Trinajstić information content (AvgIpc) is 2.93. The van der Waals surface area contributed by atoms with Crippen molar-refractivity contribution in [3.63, 3.8) is 0 Å². The van der Waals surface area contributed by atoms with Gasteiger partial charge in [-0.2, -0.15) is 0 Å². The monoisotopic (exact) mass is 301 g/mol. The Bertz CT molecular complexity index is 530. The van der Waals surface area contributed by atoms with Gasteiger partial charge in [0.1, 0.15) is 0 Å². The van der Waals surface area contributed by atoms with Gasteiger partial charge in [-0.1, -0.05) is 37.3 Å². The molecule has 22 heavy (non-hydrogen) atoms. The molecule has 2 fully saturated rings. The van der Waals surface area contributed by atoms with Crippen molar-refractivity contribution >= 4 is 6.03 Å². The molecule has 0 radical (unpaired) electrons. The van der Waals surface area contributed by atoms with E-state index in [1.54, 1.807) is 4.90 Å². The minimum Gasteiger partial charge on any atom is -0.331 e. The number of benzene rings is 1. The summed E-state index contributed by atoms with van der Waals surface area (Å²) in [5, 5.41) is 0. The van der Waals surface area contributed by atoms with Crippen LogP contribution in [0, 0.1) is 0 Å². The van der Waals surface area contributed by atoms with Crippen LogP contribution >= 0.6 is 0 Å². The van der Waals surface area contributed by atoms with E-state index in [2.05, 4.69) is 42.2 Å². The summed E-state index contributed by atoms with van der Waals surface area (Å²) < 4.78 is 0. The summed E-state index contributed by atoms with van der Waals surface area (Å²) in [6, 6.07) is 11.5. The summed E-state index contributed by atoms with van der Waals surface area (Å²) in [4.78, 5) is 18.6. The van der Waals surface area contributed by atoms with E-state index in [-0.39, 0.29) is 11.4 Å². The van der Waals surface area contributed by atoms with Crippen molar-refractivity contribution in [1.29, 1.82) is 0 Å². The van der Waals surface area contributed by atoms with Crippen LogP contribution in [0.5, 0.6) is 0 Å². The largest absolute Gasteiger partial charge is 0.331 e. The molecule has 0 bridgehead atoms. The minimum absolute atomic E-state index is 0.143. The van der Waals surface area contributed by atoms with Crippen molar-refractivity contribution in [2.45, 2.75) is 31.2 Å². The maximum atomic E-state index is 12.4. The molecule has 1 aromatic rings. The number of piperidine rings is 1. The molecular formula is C18H27N3O. The zero-order valence-corrected chi connectivity index (χ0v) is 14.0. The third-order valence-corrected chi connectivity index (χ3v) is 5.55. The number of hydrogen-bond donors (Lipinski definition) is 0. The molecule has 2 atom stereocenters. The third-order valence-electron chi connectivity index (χ3n) is 5.55. The van der Waals surface area contributed by atoms with Gasteiger partial charge in [-0.05, 0) is 31.5 Å². The van der Waals surface area contributed by atoms with E-state index in [0.717, 1.165) is 32.6 Å². The van der Waals surface area contributed by atoms with Crippen molar-refractivity contribution in [1.82, 2.24) is 14.7 Å². The van der Waals surface area contributed by atoms with Crippen LogP contribution in [0.4, 0.5) is 4.79 Å². The van der Waals surface area contributed by atoms with Crippen molar-refractivity contribution < 1.29 is 4.79 Å². The summed E-state index contributed by atoms with van der Waals surface area (Å²) in [7, 11) is 3.68. The predicted octanol–water partition coefficient (Wildman–Crippen LogP) is 2.41. The number of likely N-dealkylation sites (tertiary alicyclic amines) is 2. The van der Waals surface area contributed by atoms with Gasteiger partial charge in [0, 0.05) is 38.6 Å². The summed E-state index contributed by atoms with van der Waals surface area (Å²) in [5.41, 5.74) is 1.67. The smallest absolute Gasteiger partial charge is 0.319 e. The van der Waals surface area contributed by atoms with Gasteiger partial charge in [-0.3, -0.25) is 4.90 Å². The highest BCUT2D eigenvalue weighted by Crippen LogP contribution is 2.45. The molecule has 4 heteroatoms. The average molecular weight is 301 g/mol. The summed E-state index contributed by atoms with van der Waals surface area (Å²) >= 11 is 0. The fourth-order valence-electron chi connectivity index (χ4n) is 4.32. The quantitative estimate of drug-likeness (QED) is 0.839. The van der Waals surface area contributed by atoms with Gasteiger partial charge in [0.2, 0.25) is 0 Å². The van der Waals surface area contributed by atoms with Crippen LogP contribution in [0.3, 0.4) is 0 Å². The van der Waals surface area contributed by atoms with Gasteiger partial charge in [-0.15, -0.1) is 0 Å². The maximum absolute atomic E-state index is 12.4. The summed E-state index contributed by atoms with van der Waals surface area (Å²) in [6.07, 6.45) is 2.28. The highest BCUT2D eigenvalue weighted by molar-refractivity contribution is 5.74. The second kappa shape index (κ2) is 5.92. The normalized spacial score (nSPS) is 28.5. The van der Waals surface area contributed by atoms with E-state index in [1.807, 2.05) is 19.0 Å². The van der Waals surface area contributed by atoms with E-state index in [0.29, 0.717) is 6.04 Å². The molecule has 2 unspecified atom stereocenters. The zero-order valence-electron chi connectivity index (χ0n) is 14.0. The first-order valence-electron chi connectivity index (χ1n) is 8.34. The number of likely N-dealkylation sites (N-methyl/N-ethyl adjacent to an activating group) is 1. The van der Waals surface area contributed by atoms with Gasteiger partial charge in [0.05, 0.1) is 0 Å². The lowest BCUT2D eigenvalue weighted by Gasteiger charge is -2.47. The molecule has 1 aromatic carbocycles. The Hall–Kier alpha value is -1.55. The predicted molar refractivity (Wildman–Crippen MR) is 89.0 cm³/mol. The molecule has 2 heterocycles. The number of nitrogens with zero attached hydrogens (tertiary/aromatic N) is 3. The van der Waals surface area contributed by atoms with E-state index in [4.69, 9.17) is 0 Å². The summed E-state index contributed by atoms with van der Waals surface area (Å²) in [6.45, 7) is 6.14. The lowest BCUT2D eigenvalue weighted by atomic mass is 9.69. The lowest BCUT2D eigenvalue weighted by Crippen LogP contribution is -2.58. The minimum atomic E-state index is 0.143. The Morgan fingerprint density at radius 3 is 2.55 bits per heavy atom. The first-order chi connectivity index (χ1) is 10.6. The fraction of sp³-hybridized carbons (Fsp3) is 0.611. The highest BCUT2D eigenvalue weighted by Gasteiger charge is 2.51. The van der Waals surface area contributed by atoms with E-state index in [9.17, 15) is 4.79 Å². The molecule has 120 valence electrons. The van der Waals surface area contributed by atoms with E-state index < -0.39 is 0 Å². The van der Waals surface area contributed by atoms with Gasteiger partial charge >= 0.3 is 6.03 Å².